The zero-order chi connectivity index (χ0) is 13.5. The van der Waals surface area contributed by atoms with E-state index < -0.39 is 5.97 Å². The van der Waals surface area contributed by atoms with Crippen LogP contribution >= 0.6 is 0 Å². The number of carbonyl (C=O) groups is 2. The Morgan fingerprint density at radius 2 is 2.11 bits per heavy atom. The van der Waals surface area contributed by atoms with Crippen LogP contribution in [0.2, 0.25) is 0 Å². The molecule has 0 aliphatic rings. The minimum Gasteiger partial charge on any atom is -0.496 e. The third-order valence-electron chi connectivity index (χ3n) is 2.49. The van der Waals surface area contributed by atoms with E-state index in [1.165, 1.54) is 0 Å². The van der Waals surface area contributed by atoms with Gasteiger partial charge < -0.3 is 15.2 Å². The van der Waals surface area contributed by atoms with Crippen LogP contribution in [0.4, 0.5) is 0 Å². The second kappa shape index (κ2) is 6.64. The lowest BCUT2D eigenvalue weighted by molar-refractivity contribution is -0.137. The maximum Gasteiger partial charge on any atom is 0.322 e. The van der Waals surface area contributed by atoms with Crippen LogP contribution in [0.15, 0.2) is 18.2 Å². The molecule has 0 bridgehead atoms. The Kier molecular flexibility index (Phi) is 5.17. The van der Waals surface area contributed by atoms with E-state index in [-0.39, 0.29) is 18.9 Å². The predicted molar refractivity (Wildman–Crippen MR) is 66.7 cm³/mol. The zero-order valence-electron chi connectivity index (χ0n) is 10.5. The molecule has 0 unspecified atom stereocenters. The highest BCUT2D eigenvalue weighted by atomic mass is 16.5. The summed E-state index contributed by atoms with van der Waals surface area (Å²) in [6.07, 6.45) is 0.767. The molecular weight excluding hydrogens is 234 g/mol. The van der Waals surface area contributed by atoms with Crippen LogP contribution in [0.1, 0.15) is 17.5 Å². The average molecular weight is 251 g/mol. The number of carbonyl (C=O) groups excluding carboxylic acids is 1. The van der Waals surface area contributed by atoms with Gasteiger partial charge in [0.1, 0.15) is 12.3 Å². The van der Waals surface area contributed by atoms with E-state index in [1.807, 2.05) is 25.1 Å². The van der Waals surface area contributed by atoms with Crippen molar-refractivity contribution in [1.29, 1.82) is 0 Å². The van der Waals surface area contributed by atoms with Crippen LogP contribution in [-0.4, -0.2) is 30.6 Å². The van der Waals surface area contributed by atoms with Gasteiger partial charge in [-0.2, -0.15) is 0 Å². The molecule has 5 nitrogen and oxygen atoms in total. The smallest absolute Gasteiger partial charge is 0.322 e. The van der Waals surface area contributed by atoms with Crippen LogP contribution in [-0.2, 0) is 16.0 Å². The number of aryl methyl sites for hydroxylation is 2. The summed E-state index contributed by atoms with van der Waals surface area (Å²) in [6, 6.07) is 5.76. The van der Waals surface area contributed by atoms with E-state index in [9.17, 15) is 9.59 Å². The van der Waals surface area contributed by atoms with E-state index in [2.05, 4.69) is 5.32 Å². The maximum absolute atomic E-state index is 11.4. The molecule has 0 fully saturated rings. The van der Waals surface area contributed by atoms with Gasteiger partial charge in [-0.3, -0.25) is 9.59 Å². The van der Waals surface area contributed by atoms with Crippen molar-refractivity contribution in [2.24, 2.45) is 0 Å². The van der Waals surface area contributed by atoms with Crippen molar-refractivity contribution in [3.63, 3.8) is 0 Å². The van der Waals surface area contributed by atoms with Gasteiger partial charge >= 0.3 is 5.97 Å². The number of carboxylic acids is 1. The van der Waals surface area contributed by atoms with Crippen LogP contribution in [0.3, 0.4) is 0 Å². The lowest BCUT2D eigenvalue weighted by Crippen LogP contribution is -2.29. The summed E-state index contributed by atoms with van der Waals surface area (Å²) in [5.41, 5.74) is 2.04. The van der Waals surface area contributed by atoms with Gasteiger partial charge in [-0.05, 0) is 25.0 Å². The van der Waals surface area contributed by atoms with E-state index >= 15 is 0 Å². The average Bonchev–Trinajstić information content (AvgIpc) is 2.34. The van der Waals surface area contributed by atoms with Gasteiger partial charge in [-0.15, -0.1) is 0 Å². The molecule has 2 N–H and O–H groups in total. The molecule has 5 heteroatoms. The molecule has 1 aromatic rings. The molecular formula is C13H17NO4. The number of ether oxygens (including phenoxy) is 1. The van der Waals surface area contributed by atoms with Crippen molar-refractivity contribution in [3.05, 3.63) is 29.3 Å². The number of rotatable bonds is 6. The molecule has 0 saturated carbocycles. The lowest BCUT2D eigenvalue weighted by atomic mass is 10.1. The molecule has 0 aromatic heterocycles. The maximum atomic E-state index is 11.4. The molecule has 0 heterocycles. The van der Waals surface area contributed by atoms with Crippen molar-refractivity contribution in [1.82, 2.24) is 5.32 Å². The first kappa shape index (κ1) is 14.0. The van der Waals surface area contributed by atoms with Gasteiger partial charge in [-0.25, -0.2) is 0 Å². The molecule has 0 spiro atoms. The summed E-state index contributed by atoms with van der Waals surface area (Å²) in [5, 5.41) is 10.8. The first-order valence-corrected chi connectivity index (χ1v) is 5.65. The summed E-state index contributed by atoms with van der Waals surface area (Å²) in [4.78, 5) is 21.7. The van der Waals surface area contributed by atoms with Crippen LogP contribution in [0.5, 0.6) is 5.75 Å². The van der Waals surface area contributed by atoms with Crippen LogP contribution in [0, 0.1) is 6.92 Å². The van der Waals surface area contributed by atoms with E-state index in [1.54, 1.807) is 7.11 Å². The standard InChI is InChI=1S/C13H17NO4/c1-9-3-5-11(18-2)10(7-9)4-6-12(15)14-8-13(16)17/h3,5,7H,4,6,8H2,1-2H3,(H,14,15)(H,16,17). The molecule has 1 rings (SSSR count). The van der Waals surface area contributed by atoms with Crippen molar-refractivity contribution in [3.8, 4) is 5.75 Å². The monoisotopic (exact) mass is 251 g/mol. The normalized spacial score (nSPS) is 9.89. The fraction of sp³-hybridized carbons (Fsp3) is 0.385. The van der Waals surface area contributed by atoms with Crippen molar-refractivity contribution < 1.29 is 19.4 Å². The Balaban J connectivity index is 2.54. The Bertz CT molecular complexity index is 443. The first-order valence-electron chi connectivity index (χ1n) is 5.65. The number of nitrogens with one attached hydrogen (secondary N) is 1. The number of carboxylic acid groups (broad SMARTS) is 1. The lowest BCUT2D eigenvalue weighted by Gasteiger charge is -2.09. The summed E-state index contributed by atoms with van der Waals surface area (Å²) >= 11 is 0. The van der Waals surface area contributed by atoms with E-state index in [0.717, 1.165) is 16.9 Å². The van der Waals surface area contributed by atoms with Crippen molar-refractivity contribution >= 4 is 11.9 Å². The molecule has 1 amide bonds. The van der Waals surface area contributed by atoms with Gasteiger partial charge in [0.05, 0.1) is 7.11 Å². The largest absolute Gasteiger partial charge is 0.496 e. The quantitative estimate of drug-likeness (QED) is 0.795. The number of amides is 1. The molecule has 0 radical (unpaired) electrons. The summed E-state index contributed by atoms with van der Waals surface area (Å²) in [7, 11) is 1.58. The van der Waals surface area contributed by atoms with E-state index in [0.29, 0.717) is 6.42 Å². The zero-order valence-corrected chi connectivity index (χ0v) is 10.5. The first-order chi connectivity index (χ1) is 8.52. The molecule has 1 aromatic carbocycles. The summed E-state index contributed by atoms with van der Waals surface area (Å²) in [6.45, 7) is 1.62. The Labute approximate surface area is 106 Å². The molecule has 0 aliphatic heterocycles. The molecule has 18 heavy (non-hydrogen) atoms. The number of aliphatic carboxylic acids is 1. The van der Waals surface area contributed by atoms with Gasteiger partial charge in [0.15, 0.2) is 0 Å². The van der Waals surface area contributed by atoms with Gasteiger partial charge in [0.25, 0.3) is 0 Å². The summed E-state index contributed by atoms with van der Waals surface area (Å²) in [5.74, 6) is -0.580. The second-order valence-corrected chi connectivity index (χ2v) is 3.99. The highest BCUT2D eigenvalue weighted by Gasteiger charge is 2.08. The predicted octanol–water partition coefficient (Wildman–Crippen LogP) is 1.14. The van der Waals surface area contributed by atoms with Crippen molar-refractivity contribution in [2.45, 2.75) is 19.8 Å². The van der Waals surface area contributed by atoms with Gasteiger partial charge in [0, 0.05) is 6.42 Å². The number of benzene rings is 1. The highest BCUT2D eigenvalue weighted by molar-refractivity contribution is 5.81. The molecule has 0 saturated heterocycles. The minimum atomic E-state index is -1.04. The van der Waals surface area contributed by atoms with Crippen LogP contribution < -0.4 is 10.1 Å². The highest BCUT2D eigenvalue weighted by Crippen LogP contribution is 2.20. The molecule has 0 atom stereocenters. The van der Waals surface area contributed by atoms with E-state index in [4.69, 9.17) is 9.84 Å². The fourth-order valence-corrected chi connectivity index (χ4v) is 1.61. The Morgan fingerprint density at radius 3 is 2.72 bits per heavy atom. The summed E-state index contributed by atoms with van der Waals surface area (Å²) < 4.78 is 5.20. The third-order valence-corrected chi connectivity index (χ3v) is 2.49. The van der Waals surface area contributed by atoms with Gasteiger partial charge in [-0.1, -0.05) is 17.7 Å². The topological polar surface area (TPSA) is 75.6 Å². The van der Waals surface area contributed by atoms with Crippen LogP contribution in [0.25, 0.3) is 0 Å². The number of methoxy groups -OCH3 is 1. The number of hydrogen-bond acceptors (Lipinski definition) is 3. The Hall–Kier alpha value is -2.04. The number of hydrogen-bond donors (Lipinski definition) is 2. The molecule has 0 aliphatic carbocycles. The molecule has 98 valence electrons. The third kappa shape index (κ3) is 4.45. The van der Waals surface area contributed by atoms with Gasteiger partial charge in [0.2, 0.25) is 5.91 Å². The fourth-order valence-electron chi connectivity index (χ4n) is 1.61. The Morgan fingerprint density at radius 1 is 1.39 bits per heavy atom. The van der Waals surface area contributed by atoms with Crippen molar-refractivity contribution in [2.75, 3.05) is 13.7 Å². The minimum absolute atomic E-state index is 0.243. The SMILES string of the molecule is COc1ccc(C)cc1CCC(=O)NCC(=O)O. The second-order valence-electron chi connectivity index (χ2n) is 3.99.